The van der Waals surface area contributed by atoms with E-state index in [0.29, 0.717) is 13.0 Å². The molecule has 0 amide bonds. The first-order valence-corrected chi connectivity index (χ1v) is 5.00. The van der Waals surface area contributed by atoms with E-state index in [-0.39, 0.29) is 5.92 Å². The summed E-state index contributed by atoms with van der Waals surface area (Å²) in [6, 6.07) is 1.89. The van der Waals surface area contributed by atoms with Crippen LogP contribution in [0.15, 0.2) is 23.0 Å². The van der Waals surface area contributed by atoms with Crippen LogP contribution < -0.4 is 0 Å². The summed E-state index contributed by atoms with van der Waals surface area (Å²) in [6.07, 6.45) is 4.91. The van der Waals surface area contributed by atoms with Gasteiger partial charge in [-0.3, -0.25) is 0 Å². The molecule has 3 heteroatoms. The van der Waals surface area contributed by atoms with Gasteiger partial charge in [-0.1, -0.05) is 0 Å². The Morgan fingerprint density at radius 1 is 1.64 bits per heavy atom. The fraction of sp³-hybridized carbons (Fsp3) is 0.636. The van der Waals surface area contributed by atoms with E-state index in [4.69, 9.17) is 9.15 Å². The molecule has 2 heterocycles. The minimum absolute atomic E-state index is 0.248. The zero-order valence-corrected chi connectivity index (χ0v) is 8.40. The minimum Gasteiger partial charge on any atom is -0.472 e. The van der Waals surface area contributed by atoms with Crippen molar-refractivity contribution >= 4 is 0 Å². The van der Waals surface area contributed by atoms with Crippen LogP contribution >= 0.6 is 0 Å². The molecule has 14 heavy (non-hydrogen) atoms. The van der Waals surface area contributed by atoms with E-state index in [9.17, 15) is 5.11 Å². The summed E-state index contributed by atoms with van der Waals surface area (Å²) < 4.78 is 10.3. The van der Waals surface area contributed by atoms with Crippen molar-refractivity contribution in [3.8, 4) is 0 Å². The molecule has 0 saturated carbocycles. The summed E-state index contributed by atoms with van der Waals surface area (Å²) >= 11 is 0. The summed E-state index contributed by atoms with van der Waals surface area (Å²) in [6.45, 7) is 3.32. The molecule has 3 nitrogen and oxygen atoms in total. The van der Waals surface area contributed by atoms with Crippen LogP contribution in [0.25, 0.3) is 0 Å². The molecular formula is C11H16O3. The lowest BCUT2D eigenvalue weighted by atomic mass is 9.84. The molecule has 1 aromatic heterocycles. The van der Waals surface area contributed by atoms with Crippen LogP contribution in [0.2, 0.25) is 0 Å². The summed E-state index contributed by atoms with van der Waals surface area (Å²) in [7, 11) is 0. The van der Waals surface area contributed by atoms with Crippen LogP contribution in [0.3, 0.4) is 0 Å². The first-order chi connectivity index (χ1) is 6.68. The Bertz CT molecular complexity index is 271. The van der Waals surface area contributed by atoms with E-state index in [2.05, 4.69) is 0 Å². The Labute approximate surface area is 83.7 Å². The first kappa shape index (κ1) is 9.74. The SMILES string of the molecule is CC(O)(Cc1ccoc1)C1CCOC1. The van der Waals surface area contributed by atoms with E-state index in [1.165, 1.54) is 0 Å². The van der Waals surface area contributed by atoms with Crippen LogP contribution in [-0.4, -0.2) is 23.9 Å². The van der Waals surface area contributed by atoms with Crippen molar-refractivity contribution in [2.75, 3.05) is 13.2 Å². The van der Waals surface area contributed by atoms with Gasteiger partial charge in [0, 0.05) is 18.9 Å². The molecular weight excluding hydrogens is 180 g/mol. The quantitative estimate of drug-likeness (QED) is 0.798. The lowest BCUT2D eigenvalue weighted by Crippen LogP contribution is -2.37. The molecule has 0 spiro atoms. The number of furan rings is 1. The molecule has 1 aliphatic heterocycles. The van der Waals surface area contributed by atoms with Crippen molar-refractivity contribution in [3.05, 3.63) is 24.2 Å². The molecule has 1 saturated heterocycles. The highest BCUT2D eigenvalue weighted by Crippen LogP contribution is 2.28. The van der Waals surface area contributed by atoms with Crippen molar-refractivity contribution in [1.29, 1.82) is 0 Å². The zero-order chi connectivity index (χ0) is 10.0. The zero-order valence-electron chi connectivity index (χ0n) is 8.40. The highest BCUT2D eigenvalue weighted by Gasteiger charge is 2.34. The molecule has 78 valence electrons. The molecule has 2 rings (SSSR count). The maximum Gasteiger partial charge on any atom is 0.0935 e. The van der Waals surface area contributed by atoms with Gasteiger partial charge in [0.25, 0.3) is 0 Å². The maximum atomic E-state index is 10.3. The van der Waals surface area contributed by atoms with Gasteiger partial charge in [-0.05, 0) is 25.0 Å². The lowest BCUT2D eigenvalue weighted by Gasteiger charge is -2.28. The second kappa shape index (κ2) is 3.75. The highest BCUT2D eigenvalue weighted by molar-refractivity contribution is 5.09. The van der Waals surface area contributed by atoms with Gasteiger partial charge in [0.2, 0.25) is 0 Å². The smallest absolute Gasteiger partial charge is 0.0935 e. The van der Waals surface area contributed by atoms with E-state index in [1.54, 1.807) is 12.5 Å². The molecule has 1 N–H and O–H groups in total. The maximum absolute atomic E-state index is 10.3. The fourth-order valence-electron chi connectivity index (χ4n) is 1.98. The van der Waals surface area contributed by atoms with E-state index in [1.807, 2.05) is 13.0 Å². The number of hydrogen-bond acceptors (Lipinski definition) is 3. The van der Waals surface area contributed by atoms with Gasteiger partial charge in [-0.15, -0.1) is 0 Å². The number of rotatable bonds is 3. The van der Waals surface area contributed by atoms with Crippen LogP contribution in [0.1, 0.15) is 18.9 Å². The Balaban J connectivity index is 2.00. The van der Waals surface area contributed by atoms with Crippen LogP contribution in [0, 0.1) is 5.92 Å². The summed E-state index contributed by atoms with van der Waals surface area (Å²) in [4.78, 5) is 0. The molecule has 0 aliphatic carbocycles. The number of hydrogen-bond donors (Lipinski definition) is 1. The summed E-state index contributed by atoms with van der Waals surface area (Å²) in [5.74, 6) is 0.248. The van der Waals surface area contributed by atoms with Gasteiger partial charge in [0.15, 0.2) is 0 Å². The molecule has 1 fully saturated rings. The third-order valence-corrected chi connectivity index (χ3v) is 2.95. The van der Waals surface area contributed by atoms with Gasteiger partial charge >= 0.3 is 0 Å². The Kier molecular flexibility index (Phi) is 2.61. The van der Waals surface area contributed by atoms with Gasteiger partial charge in [-0.25, -0.2) is 0 Å². The van der Waals surface area contributed by atoms with Crippen LogP contribution in [0.4, 0.5) is 0 Å². The molecule has 0 aromatic carbocycles. The monoisotopic (exact) mass is 196 g/mol. The molecule has 1 aliphatic rings. The minimum atomic E-state index is -0.680. The van der Waals surface area contributed by atoms with Crippen molar-refractivity contribution < 1.29 is 14.3 Å². The normalized spacial score (nSPS) is 26.3. The lowest BCUT2D eigenvalue weighted by molar-refractivity contribution is -0.00464. The first-order valence-electron chi connectivity index (χ1n) is 5.00. The van der Waals surface area contributed by atoms with E-state index < -0.39 is 5.60 Å². The predicted molar refractivity (Wildman–Crippen MR) is 52.0 cm³/mol. The molecule has 2 atom stereocenters. The van der Waals surface area contributed by atoms with Crippen molar-refractivity contribution in [2.24, 2.45) is 5.92 Å². The average molecular weight is 196 g/mol. The second-order valence-electron chi connectivity index (χ2n) is 4.23. The van der Waals surface area contributed by atoms with Crippen LogP contribution in [-0.2, 0) is 11.2 Å². The third-order valence-electron chi connectivity index (χ3n) is 2.95. The van der Waals surface area contributed by atoms with Gasteiger partial charge < -0.3 is 14.3 Å². The van der Waals surface area contributed by atoms with Gasteiger partial charge in [0.05, 0.1) is 24.7 Å². The molecule has 0 bridgehead atoms. The summed E-state index contributed by atoms with van der Waals surface area (Å²) in [5, 5.41) is 10.3. The second-order valence-corrected chi connectivity index (χ2v) is 4.23. The third kappa shape index (κ3) is 1.99. The topological polar surface area (TPSA) is 42.6 Å². The average Bonchev–Trinajstić information content (AvgIpc) is 2.71. The highest BCUT2D eigenvalue weighted by atomic mass is 16.5. The van der Waals surface area contributed by atoms with E-state index >= 15 is 0 Å². The largest absolute Gasteiger partial charge is 0.472 e. The Morgan fingerprint density at radius 2 is 2.50 bits per heavy atom. The molecule has 1 aromatic rings. The van der Waals surface area contributed by atoms with Crippen molar-refractivity contribution in [3.63, 3.8) is 0 Å². The van der Waals surface area contributed by atoms with Crippen LogP contribution in [0.5, 0.6) is 0 Å². The fourth-order valence-corrected chi connectivity index (χ4v) is 1.98. The predicted octanol–water partition coefficient (Wildman–Crippen LogP) is 1.61. The summed E-state index contributed by atoms with van der Waals surface area (Å²) in [5.41, 5.74) is 0.363. The Hall–Kier alpha value is -0.800. The van der Waals surface area contributed by atoms with Gasteiger partial charge in [-0.2, -0.15) is 0 Å². The standard InChI is InChI=1S/C11H16O3/c1-11(12,10-3-5-14-8-10)6-9-2-4-13-7-9/h2,4,7,10,12H,3,5-6,8H2,1H3. The molecule has 0 radical (unpaired) electrons. The number of aliphatic hydroxyl groups is 1. The molecule has 2 unspecified atom stereocenters. The Morgan fingerprint density at radius 3 is 3.07 bits per heavy atom. The van der Waals surface area contributed by atoms with Crippen molar-refractivity contribution in [1.82, 2.24) is 0 Å². The van der Waals surface area contributed by atoms with E-state index in [0.717, 1.165) is 18.6 Å². The van der Waals surface area contributed by atoms with Gasteiger partial charge in [0.1, 0.15) is 0 Å². The van der Waals surface area contributed by atoms with Crippen molar-refractivity contribution in [2.45, 2.75) is 25.4 Å². The number of ether oxygens (including phenoxy) is 1.